The molecule has 3 fully saturated rings. The van der Waals surface area contributed by atoms with E-state index in [1.165, 1.54) is 31.9 Å². The molecule has 0 aromatic carbocycles. The van der Waals surface area contributed by atoms with Crippen LogP contribution in [0.2, 0.25) is 0 Å². The second-order valence-corrected chi connectivity index (χ2v) is 7.04. The molecule has 2 saturated carbocycles. The number of hydrogen-bond acceptors (Lipinski definition) is 7. The summed E-state index contributed by atoms with van der Waals surface area (Å²) in [6.07, 6.45) is 8.80. The van der Waals surface area contributed by atoms with Crippen molar-refractivity contribution in [2.45, 2.75) is 50.6 Å². The SMILES string of the molecule is O=[N+]([O-])c1cnc(N2CCN(C3CCCC3)CC2)nc1NC1CC1. The van der Waals surface area contributed by atoms with E-state index >= 15 is 0 Å². The zero-order valence-electron chi connectivity index (χ0n) is 13.9. The minimum atomic E-state index is -0.410. The van der Waals surface area contributed by atoms with Crippen LogP contribution in [0, 0.1) is 10.1 Å². The predicted molar refractivity (Wildman–Crippen MR) is 91.4 cm³/mol. The van der Waals surface area contributed by atoms with Crippen LogP contribution in [0.25, 0.3) is 0 Å². The van der Waals surface area contributed by atoms with Crippen LogP contribution < -0.4 is 10.2 Å². The first kappa shape index (κ1) is 15.6. The van der Waals surface area contributed by atoms with Gasteiger partial charge in [-0.05, 0) is 25.7 Å². The summed E-state index contributed by atoms with van der Waals surface area (Å²) in [5.41, 5.74) is -0.0322. The van der Waals surface area contributed by atoms with E-state index in [2.05, 4.69) is 25.1 Å². The first-order valence-corrected chi connectivity index (χ1v) is 8.97. The van der Waals surface area contributed by atoms with Gasteiger partial charge in [-0.1, -0.05) is 12.8 Å². The molecule has 8 nitrogen and oxygen atoms in total. The maximum Gasteiger partial charge on any atom is 0.329 e. The highest BCUT2D eigenvalue weighted by Gasteiger charge is 2.29. The lowest BCUT2D eigenvalue weighted by Crippen LogP contribution is -2.50. The molecular weight excluding hydrogens is 308 g/mol. The normalized spacial score (nSPS) is 22.8. The molecule has 0 atom stereocenters. The van der Waals surface area contributed by atoms with Gasteiger partial charge in [-0.25, -0.2) is 4.98 Å². The van der Waals surface area contributed by atoms with Crippen molar-refractivity contribution >= 4 is 17.5 Å². The Hall–Kier alpha value is -1.96. The highest BCUT2D eigenvalue weighted by molar-refractivity contribution is 5.58. The van der Waals surface area contributed by atoms with Crippen LogP contribution in [-0.4, -0.2) is 58.1 Å². The summed E-state index contributed by atoms with van der Waals surface area (Å²) in [7, 11) is 0. The Balaban J connectivity index is 1.45. The van der Waals surface area contributed by atoms with Crippen LogP contribution >= 0.6 is 0 Å². The largest absolute Gasteiger partial charge is 0.361 e. The molecule has 3 aliphatic rings. The van der Waals surface area contributed by atoms with Crippen molar-refractivity contribution in [2.75, 3.05) is 36.4 Å². The number of aromatic nitrogens is 2. The molecule has 1 saturated heterocycles. The molecule has 1 aliphatic heterocycles. The Bertz CT molecular complexity index is 607. The van der Waals surface area contributed by atoms with Crippen molar-refractivity contribution < 1.29 is 4.92 Å². The summed E-state index contributed by atoms with van der Waals surface area (Å²) in [6, 6.07) is 1.07. The van der Waals surface area contributed by atoms with Gasteiger partial charge in [0, 0.05) is 38.3 Å². The molecular formula is C16H24N6O2. The first-order chi connectivity index (χ1) is 11.7. The van der Waals surface area contributed by atoms with Gasteiger partial charge in [-0.3, -0.25) is 15.0 Å². The Morgan fingerprint density at radius 2 is 1.83 bits per heavy atom. The third kappa shape index (κ3) is 3.28. The Labute approximate surface area is 141 Å². The van der Waals surface area contributed by atoms with Crippen molar-refractivity contribution in [2.24, 2.45) is 0 Å². The standard InChI is InChI=1S/C16H24N6O2/c23-22(24)14-11-17-16(19-15(14)18-12-5-6-12)21-9-7-20(8-10-21)13-3-1-2-4-13/h11-13H,1-10H2,(H,17,18,19). The summed E-state index contributed by atoms with van der Waals surface area (Å²) >= 11 is 0. The lowest BCUT2D eigenvalue weighted by Gasteiger charge is -2.38. The van der Waals surface area contributed by atoms with Crippen LogP contribution in [0.4, 0.5) is 17.5 Å². The van der Waals surface area contributed by atoms with E-state index in [4.69, 9.17) is 0 Å². The molecule has 0 unspecified atom stereocenters. The monoisotopic (exact) mass is 332 g/mol. The molecule has 0 amide bonds. The topological polar surface area (TPSA) is 87.4 Å². The lowest BCUT2D eigenvalue weighted by atomic mass is 10.2. The van der Waals surface area contributed by atoms with Gasteiger partial charge in [-0.15, -0.1) is 0 Å². The zero-order valence-corrected chi connectivity index (χ0v) is 13.9. The summed E-state index contributed by atoms with van der Waals surface area (Å²) in [5.74, 6) is 0.973. The predicted octanol–water partition coefficient (Wildman–Crippen LogP) is 2.02. The number of nitro groups is 1. The second kappa shape index (κ2) is 6.51. The van der Waals surface area contributed by atoms with Crippen LogP contribution in [0.1, 0.15) is 38.5 Å². The summed E-state index contributed by atoms with van der Waals surface area (Å²) in [5, 5.41) is 14.3. The Kier molecular flexibility index (Phi) is 4.22. The summed E-state index contributed by atoms with van der Waals surface area (Å²) < 4.78 is 0. The minimum absolute atomic E-state index is 0.0322. The van der Waals surface area contributed by atoms with Crippen LogP contribution in [0.3, 0.4) is 0 Å². The zero-order chi connectivity index (χ0) is 16.5. The van der Waals surface area contributed by atoms with Crippen LogP contribution in [0.15, 0.2) is 6.20 Å². The van der Waals surface area contributed by atoms with E-state index in [1.54, 1.807) is 0 Å². The van der Waals surface area contributed by atoms with E-state index in [9.17, 15) is 10.1 Å². The van der Waals surface area contributed by atoms with Crippen molar-refractivity contribution in [1.82, 2.24) is 14.9 Å². The Morgan fingerprint density at radius 3 is 2.46 bits per heavy atom. The van der Waals surface area contributed by atoms with E-state index in [-0.39, 0.29) is 5.69 Å². The average Bonchev–Trinajstić information content (AvgIpc) is 3.24. The number of rotatable bonds is 5. The minimum Gasteiger partial charge on any atom is -0.361 e. The van der Waals surface area contributed by atoms with Crippen LogP contribution in [-0.2, 0) is 0 Å². The third-order valence-electron chi connectivity index (χ3n) is 5.31. The fraction of sp³-hybridized carbons (Fsp3) is 0.750. The lowest BCUT2D eigenvalue weighted by molar-refractivity contribution is -0.384. The van der Waals surface area contributed by atoms with E-state index in [0.717, 1.165) is 45.1 Å². The molecule has 2 aliphatic carbocycles. The fourth-order valence-corrected chi connectivity index (χ4v) is 3.74. The molecule has 130 valence electrons. The van der Waals surface area contributed by atoms with Crippen molar-refractivity contribution in [1.29, 1.82) is 0 Å². The van der Waals surface area contributed by atoms with Gasteiger partial charge in [0.15, 0.2) is 0 Å². The first-order valence-electron chi connectivity index (χ1n) is 8.97. The Morgan fingerprint density at radius 1 is 1.12 bits per heavy atom. The van der Waals surface area contributed by atoms with Gasteiger partial charge >= 0.3 is 5.69 Å². The summed E-state index contributed by atoms with van der Waals surface area (Å²) in [4.78, 5) is 24.2. The maximum absolute atomic E-state index is 11.2. The number of piperazine rings is 1. The summed E-state index contributed by atoms with van der Waals surface area (Å²) in [6.45, 7) is 3.82. The molecule has 0 spiro atoms. The van der Waals surface area contributed by atoms with E-state index in [1.807, 2.05) is 0 Å². The van der Waals surface area contributed by atoms with Crippen molar-refractivity contribution in [3.05, 3.63) is 16.3 Å². The van der Waals surface area contributed by atoms with Gasteiger partial charge in [0.1, 0.15) is 6.20 Å². The van der Waals surface area contributed by atoms with Gasteiger partial charge in [0.2, 0.25) is 11.8 Å². The van der Waals surface area contributed by atoms with Gasteiger partial charge in [-0.2, -0.15) is 4.98 Å². The number of nitrogens with zero attached hydrogens (tertiary/aromatic N) is 5. The average molecular weight is 332 g/mol. The van der Waals surface area contributed by atoms with Crippen molar-refractivity contribution in [3.8, 4) is 0 Å². The molecule has 1 aromatic heterocycles. The fourth-order valence-electron chi connectivity index (χ4n) is 3.74. The molecule has 4 rings (SSSR count). The second-order valence-electron chi connectivity index (χ2n) is 7.04. The highest BCUT2D eigenvalue weighted by Crippen LogP contribution is 2.30. The molecule has 24 heavy (non-hydrogen) atoms. The molecule has 1 aromatic rings. The number of nitrogens with one attached hydrogen (secondary N) is 1. The van der Waals surface area contributed by atoms with Gasteiger partial charge in [0.05, 0.1) is 4.92 Å². The third-order valence-corrected chi connectivity index (χ3v) is 5.31. The number of hydrogen-bond donors (Lipinski definition) is 1. The van der Waals surface area contributed by atoms with E-state index < -0.39 is 4.92 Å². The van der Waals surface area contributed by atoms with Crippen molar-refractivity contribution in [3.63, 3.8) is 0 Å². The molecule has 1 N–H and O–H groups in total. The maximum atomic E-state index is 11.2. The van der Waals surface area contributed by atoms with E-state index in [0.29, 0.717) is 17.8 Å². The highest BCUT2D eigenvalue weighted by atomic mass is 16.6. The van der Waals surface area contributed by atoms with Gasteiger partial charge < -0.3 is 10.2 Å². The molecule has 0 bridgehead atoms. The van der Waals surface area contributed by atoms with Gasteiger partial charge in [0.25, 0.3) is 0 Å². The smallest absolute Gasteiger partial charge is 0.329 e. The molecule has 8 heteroatoms. The molecule has 2 heterocycles. The number of anilines is 2. The quantitative estimate of drug-likeness (QED) is 0.652. The van der Waals surface area contributed by atoms with Crippen LogP contribution in [0.5, 0.6) is 0 Å². The molecule has 0 radical (unpaired) electrons.